The van der Waals surface area contributed by atoms with Gasteiger partial charge in [-0.3, -0.25) is 0 Å². The molecule has 0 spiro atoms. The van der Waals surface area contributed by atoms with Crippen LogP contribution in [0.3, 0.4) is 0 Å². The van der Waals surface area contributed by atoms with E-state index >= 15 is 0 Å². The molecule has 0 atom stereocenters. The van der Waals surface area contributed by atoms with Gasteiger partial charge in [-0.25, -0.2) is 9.97 Å². The zero-order valence-corrected chi connectivity index (χ0v) is 12.3. The highest BCUT2D eigenvalue weighted by Crippen LogP contribution is 2.60. The molecule has 0 aliphatic carbocycles. The molecule has 2 aromatic rings. The molecule has 0 N–H and O–H groups in total. The zero-order valence-electron chi connectivity index (χ0n) is 8.99. The summed E-state index contributed by atoms with van der Waals surface area (Å²) >= 11 is 7.16. The highest BCUT2D eigenvalue weighted by atomic mass is 32.2. The fourth-order valence-electron chi connectivity index (χ4n) is 1.65. The van der Waals surface area contributed by atoms with Gasteiger partial charge in [0.1, 0.15) is 10.1 Å². The van der Waals surface area contributed by atoms with Gasteiger partial charge in [-0.2, -0.15) is 0 Å². The van der Waals surface area contributed by atoms with Crippen LogP contribution in [0.15, 0.2) is 65.0 Å². The smallest absolute Gasteiger partial charge is 0.134 e. The Hall–Kier alpha value is -0.560. The summed E-state index contributed by atoms with van der Waals surface area (Å²) in [6.45, 7) is 0. The Labute approximate surface area is 121 Å². The summed E-state index contributed by atoms with van der Waals surface area (Å²) in [5.41, 5.74) is 0. The Morgan fingerprint density at radius 3 is 1.72 bits per heavy atom. The first-order valence-electron chi connectivity index (χ1n) is 5.26. The third-order valence-electron chi connectivity index (χ3n) is 2.43. The molecule has 2 aliphatic heterocycles. The zero-order chi connectivity index (χ0) is 11.9. The SMILES string of the molecule is c1ccc2c(c1)SC(=C1Sc3nccnc3S1)S2. The Kier molecular flexibility index (Phi) is 2.83. The summed E-state index contributed by atoms with van der Waals surface area (Å²) in [5, 5.41) is 2.06. The first-order valence-corrected chi connectivity index (χ1v) is 8.52. The second-order valence-electron chi connectivity index (χ2n) is 3.60. The van der Waals surface area contributed by atoms with E-state index in [0.29, 0.717) is 0 Å². The molecule has 0 bridgehead atoms. The lowest BCUT2D eigenvalue weighted by Crippen LogP contribution is -1.79. The van der Waals surface area contributed by atoms with Gasteiger partial charge in [0.05, 0.1) is 8.47 Å². The van der Waals surface area contributed by atoms with Gasteiger partial charge in [0.15, 0.2) is 0 Å². The van der Waals surface area contributed by atoms with Gasteiger partial charge in [0.25, 0.3) is 0 Å². The van der Waals surface area contributed by atoms with Crippen LogP contribution in [0, 0.1) is 0 Å². The van der Waals surface area contributed by atoms with Gasteiger partial charge in [-0.05, 0) is 12.1 Å². The number of rotatable bonds is 0. The Morgan fingerprint density at radius 2 is 1.17 bits per heavy atom. The van der Waals surface area contributed by atoms with Crippen molar-refractivity contribution in [1.29, 1.82) is 0 Å². The van der Waals surface area contributed by atoms with Crippen LogP contribution in [0.1, 0.15) is 0 Å². The molecule has 0 radical (unpaired) electrons. The molecule has 0 saturated heterocycles. The molecule has 4 rings (SSSR count). The quantitative estimate of drug-likeness (QED) is 0.700. The molecular weight excluding hydrogens is 300 g/mol. The van der Waals surface area contributed by atoms with Crippen molar-refractivity contribution in [1.82, 2.24) is 9.97 Å². The molecule has 0 unspecified atom stereocenters. The van der Waals surface area contributed by atoms with Crippen molar-refractivity contribution in [2.24, 2.45) is 0 Å². The fraction of sp³-hybridized carbons (Fsp3) is 0. The monoisotopic (exact) mass is 306 g/mol. The van der Waals surface area contributed by atoms with Crippen LogP contribution >= 0.6 is 47.0 Å². The topological polar surface area (TPSA) is 25.8 Å². The average Bonchev–Trinajstić information content (AvgIpc) is 3.02. The van der Waals surface area contributed by atoms with Gasteiger partial charge in [-0.1, -0.05) is 59.2 Å². The number of thioether (sulfide) groups is 4. The molecule has 18 heavy (non-hydrogen) atoms. The van der Waals surface area contributed by atoms with E-state index in [-0.39, 0.29) is 0 Å². The van der Waals surface area contributed by atoms with Gasteiger partial charge in [0, 0.05) is 22.2 Å². The van der Waals surface area contributed by atoms with Crippen LogP contribution in [0.5, 0.6) is 0 Å². The van der Waals surface area contributed by atoms with E-state index in [2.05, 4.69) is 34.2 Å². The predicted molar refractivity (Wildman–Crippen MR) is 78.9 cm³/mol. The van der Waals surface area contributed by atoms with Crippen LogP contribution in [0.25, 0.3) is 0 Å². The van der Waals surface area contributed by atoms with Gasteiger partial charge < -0.3 is 0 Å². The molecule has 6 heteroatoms. The van der Waals surface area contributed by atoms with Crippen LogP contribution in [-0.4, -0.2) is 9.97 Å². The highest BCUT2D eigenvalue weighted by Gasteiger charge is 2.27. The minimum Gasteiger partial charge on any atom is -0.245 e. The van der Waals surface area contributed by atoms with Crippen LogP contribution in [0.4, 0.5) is 0 Å². The van der Waals surface area contributed by atoms with Crippen molar-refractivity contribution >= 4 is 47.0 Å². The molecule has 88 valence electrons. The number of aromatic nitrogens is 2. The van der Waals surface area contributed by atoms with Crippen molar-refractivity contribution in [3.05, 3.63) is 45.1 Å². The summed E-state index contributed by atoms with van der Waals surface area (Å²) in [4.78, 5) is 11.4. The molecule has 0 amide bonds. The highest BCUT2D eigenvalue weighted by molar-refractivity contribution is 8.30. The van der Waals surface area contributed by atoms with Crippen LogP contribution < -0.4 is 0 Å². The number of nitrogens with zero attached hydrogens (tertiary/aromatic N) is 2. The summed E-state index contributed by atoms with van der Waals surface area (Å²) in [6.07, 6.45) is 3.51. The van der Waals surface area contributed by atoms with Gasteiger partial charge in [-0.15, -0.1) is 0 Å². The molecule has 1 aromatic carbocycles. The summed E-state index contributed by atoms with van der Waals surface area (Å²) in [6, 6.07) is 8.53. The van der Waals surface area contributed by atoms with E-state index in [0.717, 1.165) is 10.1 Å². The van der Waals surface area contributed by atoms with Crippen LogP contribution in [-0.2, 0) is 0 Å². The lowest BCUT2D eigenvalue weighted by Gasteiger charge is -1.97. The second-order valence-corrected chi connectivity index (χ2v) is 8.22. The van der Waals surface area contributed by atoms with Crippen molar-refractivity contribution in [3.8, 4) is 0 Å². The van der Waals surface area contributed by atoms with E-state index in [1.54, 1.807) is 35.9 Å². The maximum Gasteiger partial charge on any atom is 0.134 e. The maximum atomic E-state index is 4.36. The van der Waals surface area contributed by atoms with Crippen LogP contribution in [0.2, 0.25) is 0 Å². The summed E-state index contributed by atoms with van der Waals surface area (Å²) < 4.78 is 2.66. The first-order chi connectivity index (χ1) is 8.90. The van der Waals surface area contributed by atoms with Crippen molar-refractivity contribution in [2.45, 2.75) is 19.8 Å². The molecule has 2 nitrogen and oxygen atoms in total. The normalized spacial score (nSPS) is 16.9. The van der Waals surface area contributed by atoms with Gasteiger partial charge in [0.2, 0.25) is 0 Å². The Bertz CT molecular complexity index is 557. The summed E-state index contributed by atoms with van der Waals surface area (Å²) in [7, 11) is 0. The number of benzene rings is 1. The Balaban J connectivity index is 1.70. The minimum absolute atomic E-state index is 1.03. The van der Waals surface area contributed by atoms with E-state index < -0.39 is 0 Å². The van der Waals surface area contributed by atoms with Gasteiger partial charge >= 0.3 is 0 Å². The average molecular weight is 306 g/mol. The molecule has 2 aliphatic rings. The number of hydrogen-bond acceptors (Lipinski definition) is 6. The minimum atomic E-state index is 1.03. The van der Waals surface area contributed by atoms with E-state index in [1.165, 1.54) is 18.3 Å². The molecule has 1 aromatic heterocycles. The van der Waals surface area contributed by atoms with E-state index in [9.17, 15) is 0 Å². The third kappa shape index (κ3) is 1.87. The first kappa shape index (κ1) is 11.3. The lowest BCUT2D eigenvalue weighted by molar-refractivity contribution is 0.930. The Morgan fingerprint density at radius 1 is 0.667 bits per heavy atom. The largest absolute Gasteiger partial charge is 0.245 e. The van der Waals surface area contributed by atoms with E-state index in [1.807, 2.05) is 23.5 Å². The number of hydrogen-bond donors (Lipinski definition) is 0. The fourth-order valence-corrected chi connectivity index (χ4v) is 6.72. The summed E-state index contributed by atoms with van der Waals surface area (Å²) in [5.74, 6) is 0. The molecule has 3 heterocycles. The molecule has 0 saturated carbocycles. The van der Waals surface area contributed by atoms with Crippen molar-refractivity contribution in [3.63, 3.8) is 0 Å². The lowest BCUT2D eigenvalue weighted by atomic mass is 10.4. The third-order valence-corrected chi connectivity index (χ3v) is 7.90. The second kappa shape index (κ2) is 4.52. The van der Waals surface area contributed by atoms with Crippen molar-refractivity contribution < 1.29 is 0 Å². The molecule has 0 fully saturated rings. The maximum absolute atomic E-state index is 4.36. The van der Waals surface area contributed by atoms with E-state index in [4.69, 9.17) is 0 Å². The number of fused-ring (bicyclic) bond motifs is 2. The van der Waals surface area contributed by atoms with Crippen molar-refractivity contribution in [2.75, 3.05) is 0 Å². The standard InChI is InChI=1S/C12H6N2S4/c1-2-4-8-7(3-1)15-11(16-8)12-17-9-10(18-12)14-6-5-13-9/h1-6H. The predicted octanol–water partition coefficient (Wildman–Crippen LogP) is 4.70. The molecular formula is C12H6N2S4.